The molecule has 0 fully saturated rings. The highest BCUT2D eigenvalue weighted by Gasteiger charge is 2.20. The second-order valence-electron chi connectivity index (χ2n) is 5.37. The lowest BCUT2D eigenvalue weighted by molar-refractivity contribution is -0.122. The van der Waals surface area contributed by atoms with E-state index in [1.807, 2.05) is 51.5 Å². The van der Waals surface area contributed by atoms with Crippen LogP contribution in [0.1, 0.15) is 29.3 Å². The van der Waals surface area contributed by atoms with Crippen molar-refractivity contribution in [2.24, 2.45) is 0 Å². The third kappa shape index (κ3) is 4.29. The molecule has 2 heterocycles. The van der Waals surface area contributed by atoms with Crippen molar-refractivity contribution in [2.75, 3.05) is 20.6 Å². The third-order valence-electron chi connectivity index (χ3n) is 3.58. The minimum absolute atomic E-state index is 0.00857. The summed E-state index contributed by atoms with van der Waals surface area (Å²) in [5, 5.41) is 3.03. The first-order chi connectivity index (χ1) is 10.5. The largest absolute Gasteiger partial charge is 0.354 e. The van der Waals surface area contributed by atoms with E-state index in [0.29, 0.717) is 10.9 Å². The van der Waals surface area contributed by atoms with E-state index in [1.165, 1.54) is 11.3 Å². The standard InChI is InChI=1S/C16H20ClN3OS/c1-11(14-6-7-15(17)22-14)16(21)19-10-13(20(2)3)12-5-4-8-18-9-12/h4-9,11,13H,10H2,1-3H3,(H,19,21)/t11-,13+/m1/s1. The Kier molecular flexibility index (Phi) is 5.94. The van der Waals surface area contributed by atoms with Crippen LogP contribution in [0.3, 0.4) is 0 Å². The predicted molar refractivity (Wildman–Crippen MR) is 91.4 cm³/mol. The van der Waals surface area contributed by atoms with Crippen LogP contribution in [-0.2, 0) is 4.79 Å². The first-order valence-electron chi connectivity index (χ1n) is 7.08. The number of nitrogens with one attached hydrogen (secondary N) is 1. The fourth-order valence-electron chi connectivity index (χ4n) is 2.21. The van der Waals surface area contributed by atoms with Crippen LogP contribution in [-0.4, -0.2) is 36.4 Å². The van der Waals surface area contributed by atoms with Gasteiger partial charge in [0.1, 0.15) is 0 Å². The summed E-state index contributed by atoms with van der Waals surface area (Å²) in [7, 11) is 3.98. The number of amides is 1. The Balaban J connectivity index is 1.99. The van der Waals surface area contributed by atoms with E-state index in [4.69, 9.17) is 11.6 Å². The molecule has 1 N–H and O–H groups in total. The fourth-order valence-corrected chi connectivity index (χ4v) is 3.32. The first-order valence-corrected chi connectivity index (χ1v) is 8.27. The third-order valence-corrected chi connectivity index (χ3v) is 4.99. The number of aromatic nitrogens is 1. The van der Waals surface area contributed by atoms with Crippen LogP contribution in [0.4, 0.5) is 0 Å². The molecule has 22 heavy (non-hydrogen) atoms. The number of carbonyl (C=O) groups excluding carboxylic acids is 1. The molecule has 0 radical (unpaired) electrons. The molecule has 118 valence electrons. The minimum Gasteiger partial charge on any atom is -0.354 e. The monoisotopic (exact) mass is 337 g/mol. The molecule has 6 heteroatoms. The Morgan fingerprint density at radius 1 is 1.41 bits per heavy atom. The van der Waals surface area contributed by atoms with Gasteiger partial charge in [-0.05, 0) is 44.8 Å². The van der Waals surface area contributed by atoms with E-state index in [0.717, 1.165) is 10.4 Å². The lowest BCUT2D eigenvalue weighted by atomic mass is 10.1. The van der Waals surface area contributed by atoms with Crippen LogP contribution >= 0.6 is 22.9 Å². The molecule has 2 aromatic heterocycles. The van der Waals surface area contributed by atoms with Gasteiger partial charge in [-0.1, -0.05) is 17.7 Å². The van der Waals surface area contributed by atoms with Gasteiger partial charge in [0.05, 0.1) is 16.3 Å². The number of hydrogen-bond donors (Lipinski definition) is 1. The van der Waals surface area contributed by atoms with Gasteiger partial charge in [-0.25, -0.2) is 0 Å². The molecule has 0 spiro atoms. The van der Waals surface area contributed by atoms with Crippen molar-refractivity contribution in [2.45, 2.75) is 18.9 Å². The van der Waals surface area contributed by atoms with E-state index < -0.39 is 0 Å². The zero-order valence-electron chi connectivity index (χ0n) is 12.9. The van der Waals surface area contributed by atoms with Crippen molar-refractivity contribution in [1.29, 1.82) is 0 Å². The molecule has 0 aliphatic heterocycles. The van der Waals surface area contributed by atoms with Gasteiger partial charge in [0.15, 0.2) is 0 Å². The molecule has 0 aromatic carbocycles. The molecule has 0 aliphatic carbocycles. The minimum atomic E-state index is -0.200. The summed E-state index contributed by atoms with van der Waals surface area (Å²) in [5.74, 6) is -0.191. The number of carbonyl (C=O) groups is 1. The summed E-state index contributed by atoms with van der Waals surface area (Å²) < 4.78 is 0.705. The summed E-state index contributed by atoms with van der Waals surface area (Å²) in [6.45, 7) is 2.44. The molecule has 0 unspecified atom stereocenters. The van der Waals surface area contributed by atoms with E-state index in [-0.39, 0.29) is 17.9 Å². The lowest BCUT2D eigenvalue weighted by Crippen LogP contribution is -2.36. The number of halogens is 1. The Hall–Kier alpha value is -1.43. The molecule has 0 aliphatic rings. The number of hydrogen-bond acceptors (Lipinski definition) is 4. The van der Waals surface area contributed by atoms with Crippen molar-refractivity contribution in [3.63, 3.8) is 0 Å². The van der Waals surface area contributed by atoms with E-state index in [9.17, 15) is 4.79 Å². The van der Waals surface area contributed by atoms with Crippen LogP contribution < -0.4 is 5.32 Å². The van der Waals surface area contributed by atoms with Gasteiger partial charge in [0.2, 0.25) is 5.91 Å². The summed E-state index contributed by atoms with van der Waals surface area (Å²) in [5.41, 5.74) is 1.08. The maximum Gasteiger partial charge on any atom is 0.228 e. The van der Waals surface area contributed by atoms with Crippen LogP contribution in [0.2, 0.25) is 4.34 Å². The average Bonchev–Trinajstić information content (AvgIpc) is 2.93. The van der Waals surface area contributed by atoms with E-state index in [2.05, 4.69) is 15.2 Å². The topological polar surface area (TPSA) is 45.2 Å². The van der Waals surface area contributed by atoms with Crippen molar-refractivity contribution in [1.82, 2.24) is 15.2 Å². The van der Waals surface area contributed by atoms with Gasteiger partial charge in [-0.3, -0.25) is 9.78 Å². The Morgan fingerprint density at radius 2 is 2.18 bits per heavy atom. The second-order valence-corrected chi connectivity index (χ2v) is 7.12. The van der Waals surface area contributed by atoms with Gasteiger partial charge in [-0.2, -0.15) is 0 Å². The number of nitrogens with zero attached hydrogens (tertiary/aromatic N) is 2. The number of thiophene rings is 1. The highest BCUT2D eigenvalue weighted by atomic mass is 35.5. The summed E-state index contributed by atoms with van der Waals surface area (Å²) in [6, 6.07) is 7.75. The predicted octanol–water partition coefficient (Wildman–Crippen LogP) is 3.32. The van der Waals surface area contributed by atoms with Gasteiger partial charge in [-0.15, -0.1) is 11.3 Å². The Morgan fingerprint density at radius 3 is 2.73 bits per heavy atom. The molecular formula is C16H20ClN3OS. The van der Waals surface area contributed by atoms with Crippen LogP contribution in [0.5, 0.6) is 0 Å². The molecule has 0 saturated heterocycles. The normalized spacial score (nSPS) is 13.9. The van der Waals surface area contributed by atoms with Gasteiger partial charge >= 0.3 is 0 Å². The number of rotatable bonds is 6. The zero-order valence-corrected chi connectivity index (χ0v) is 14.5. The lowest BCUT2D eigenvalue weighted by Gasteiger charge is -2.25. The number of pyridine rings is 1. The molecule has 4 nitrogen and oxygen atoms in total. The molecule has 1 amide bonds. The van der Waals surface area contributed by atoms with E-state index >= 15 is 0 Å². The van der Waals surface area contributed by atoms with Crippen molar-refractivity contribution >= 4 is 28.8 Å². The smallest absolute Gasteiger partial charge is 0.228 e. The van der Waals surface area contributed by atoms with Gasteiger partial charge in [0.25, 0.3) is 0 Å². The van der Waals surface area contributed by atoms with Crippen molar-refractivity contribution < 1.29 is 4.79 Å². The molecular weight excluding hydrogens is 318 g/mol. The van der Waals surface area contributed by atoms with E-state index in [1.54, 1.807) is 6.20 Å². The Labute approximate surface area is 140 Å². The highest BCUT2D eigenvalue weighted by molar-refractivity contribution is 7.16. The Bertz CT molecular complexity index is 615. The van der Waals surface area contributed by atoms with Gasteiger partial charge in [0, 0.05) is 23.8 Å². The molecule has 0 bridgehead atoms. The highest BCUT2D eigenvalue weighted by Crippen LogP contribution is 2.28. The maximum absolute atomic E-state index is 12.3. The van der Waals surface area contributed by atoms with Gasteiger partial charge < -0.3 is 10.2 Å². The quantitative estimate of drug-likeness (QED) is 0.879. The molecule has 2 rings (SSSR count). The first kappa shape index (κ1) is 16.9. The zero-order chi connectivity index (χ0) is 16.1. The van der Waals surface area contributed by atoms with Crippen molar-refractivity contribution in [3.8, 4) is 0 Å². The summed E-state index contributed by atoms with van der Waals surface area (Å²) in [6.07, 6.45) is 3.58. The van der Waals surface area contributed by atoms with Crippen LogP contribution in [0.15, 0.2) is 36.7 Å². The molecule has 2 aromatic rings. The number of likely N-dealkylation sites (N-methyl/N-ethyl adjacent to an activating group) is 1. The average molecular weight is 338 g/mol. The molecule has 0 saturated carbocycles. The maximum atomic E-state index is 12.3. The summed E-state index contributed by atoms with van der Waals surface area (Å²) >= 11 is 7.38. The van der Waals surface area contributed by atoms with Crippen LogP contribution in [0.25, 0.3) is 0 Å². The summed E-state index contributed by atoms with van der Waals surface area (Å²) in [4.78, 5) is 19.5. The van der Waals surface area contributed by atoms with Crippen LogP contribution in [0, 0.1) is 0 Å². The molecule has 2 atom stereocenters. The fraction of sp³-hybridized carbons (Fsp3) is 0.375. The van der Waals surface area contributed by atoms with Crippen molar-refractivity contribution in [3.05, 3.63) is 51.4 Å². The second kappa shape index (κ2) is 7.72. The SMILES string of the molecule is C[C@@H](C(=O)NC[C@@H](c1cccnc1)N(C)C)c1ccc(Cl)s1.